The molecule has 2 heterocycles. The maximum atomic E-state index is 14.1. The SMILES string of the molecule is COC(=O)C=Cc1cc(F)cc(-c2cncc(OC[C@@H]3CCN3C(=O)OC(C)(C)C)c2)c1. The monoisotopic (exact) mass is 442 g/mol. The van der Waals surface area contributed by atoms with Crippen LogP contribution in [0.25, 0.3) is 17.2 Å². The third-order valence-corrected chi connectivity index (χ3v) is 4.79. The standard InChI is InChI=1S/C24H27FN2O5/c1-24(2,3)32-23(29)27-8-7-20(27)15-31-21-12-18(13-26-14-21)17-9-16(10-19(25)11-17)5-6-22(28)30-4/h5-6,9-14,20H,7-8,15H2,1-4H3/t20-/m0/s1. The number of halogens is 1. The summed E-state index contributed by atoms with van der Waals surface area (Å²) in [7, 11) is 1.27. The summed E-state index contributed by atoms with van der Waals surface area (Å²) in [5.74, 6) is -0.459. The third kappa shape index (κ3) is 6.29. The molecule has 0 spiro atoms. The van der Waals surface area contributed by atoms with Crippen LogP contribution >= 0.6 is 0 Å². The first-order chi connectivity index (χ1) is 15.1. The lowest BCUT2D eigenvalue weighted by atomic mass is 10.0. The van der Waals surface area contributed by atoms with E-state index in [0.29, 0.717) is 35.6 Å². The Morgan fingerprint density at radius 2 is 1.97 bits per heavy atom. The smallest absolute Gasteiger partial charge is 0.410 e. The lowest BCUT2D eigenvalue weighted by molar-refractivity contribution is -0.134. The predicted octanol–water partition coefficient (Wildman–Crippen LogP) is 4.46. The summed E-state index contributed by atoms with van der Waals surface area (Å²) >= 11 is 0. The zero-order chi connectivity index (χ0) is 23.3. The Morgan fingerprint density at radius 3 is 2.62 bits per heavy atom. The van der Waals surface area contributed by atoms with Gasteiger partial charge in [-0.25, -0.2) is 14.0 Å². The van der Waals surface area contributed by atoms with Gasteiger partial charge in [-0.05, 0) is 68.7 Å². The average molecular weight is 442 g/mol. The molecule has 8 heteroatoms. The second-order valence-electron chi connectivity index (χ2n) is 8.47. The van der Waals surface area contributed by atoms with E-state index in [4.69, 9.17) is 9.47 Å². The molecule has 1 atom stereocenters. The van der Waals surface area contributed by atoms with E-state index >= 15 is 0 Å². The number of methoxy groups -OCH3 is 1. The molecule has 32 heavy (non-hydrogen) atoms. The predicted molar refractivity (Wildman–Crippen MR) is 118 cm³/mol. The van der Waals surface area contributed by atoms with Crippen LogP contribution in [0.2, 0.25) is 0 Å². The van der Waals surface area contributed by atoms with Crippen molar-refractivity contribution in [2.45, 2.75) is 38.8 Å². The normalized spacial score (nSPS) is 15.9. The molecule has 0 N–H and O–H groups in total. The summed E-state index contributed by atoms with van der Waals surface area (Å²) in [6.07, 6.45) is 6.35. The molecule has 170 valence electrons. The van der Waals surface area contributed by atoms with Gasteiger partial charge in [-0.3, -0.25) is 4.98 Å². The van der Waals surface area contributed by atoms with E-state index in [9.17, 15) is 14.0 Å². The van der Waals surface area contributed by atoms with Crippen molar-refractivity contribution in [1.29, 1.82) is 0 Å². The maximum Gasteiger partial charge on any atom is 0.410 e. The highest BCUT2D eigenvalue weighted by atomic mass is 19.1. The summed E-state index contributed by atoms with van der Waals surface area (Å²) in [5.41, 5.74) is 1.21. The second-order valence-corrected chi connectivity index (χ2v) is 8.47. The number of carbonyl (C=O) groups is 2. The molecule has 1 aromatic heterocycles. The van der Waals surface area contributed by atoms with E-state index in [2.05, 4.69) is 9.72 Å². The van der Waals surface area contributed by atoms with Crippen LogP contribution < -0.4 is 4.74 Å². The summed E-state index contributed by atoms with van der Waals surface area (Å²) in [5, 5.41) is 0. The molecule has 0 unspecified atom stereocenters. The zero-order valence-corrected chi connectivity index (χ0v) is 18.6. The van der Waals surface area contributed by atoms with Gasteiger partial charge in [-0.1, -0.05) is 0 Å². The maximum absolute atomic E-state index is 14.1. The Morgan fingerprint density at radius 1 is 1.19 bits per heavy atom. The molecule has 1 aliphatic rings. The van der Waals surface area contributed by atoms with Gasteiger partial charge in [0, 0.05) is 24.4 Å². The van der Waals surface area contributed by atoms with Crippen molar-refractivity contribution in [2.75, 3.05) is 20.3 Å². The Bertz CT molecular complexity index is 1020. The summed E-state index contributed by atoms with van der Waals surface area (Å²) in [4.78, 5) is 29.4. The zero-order valence-electron chi connectivity index (χ0n) is 18.6. The first-order valence-electron chi connectivity index (χ1n) is 10.3. The van der Waals surface area contributed by atoms with Crippen molar-refractivity contribution in [2.24, 2.45) is 0 Å². The summed E-state index contributed by atoms with van der Waals surface area (Å²) in [6.45, 7) is 6.43. The molecule has 0 radical (unpaired) electrons. The van der Waals surface area contributed by atoms with Gasteiger partial charge in [0.25, 0.3) is 0 Å². The molecule has 3 rings (SSSR count). The van der Waals surface area contributed by atoms with Crippen molar-refractivity contribution in [3.8, 4) is 16.9 Å². The molecular formula is C24H27FN2O5. The van der Waals surface area contributed by atoms with E-state index in [0.717, 1.165) is 6.42 Å². The molecule has 1 fully saturated rings. The number of hydrogen-bond donors (Lipinski definition) is 0. The average Bonchev–Trinajstić information content (AvgIpc) is 2.69. The summed E-state index contributed by atoms with van der Waals surface area (Å²) in [6, 6.07) is 6.12. The minimum Gasteiger partial charge on any atom is -0.490 e. The molecule has 1 amide bonds. The Balaban J connectivity index is 1.67. The fourth-order valence-corrected chi connectivity index (χ4v) is 3.13. The Hall–Kier alpha value is -3.42. The summed E-state index contributed by atoms with van der Waals surface area (Å²) < 4.78 is 29.9. The number of pyridine rings is 1. The van der Waals surface area contributed by atoms with Crippen molar-refractivity contribution in [3.63, 3.8) is 0 Å². The van der Waals surface area contributed by atoms with Crippen molar-refractivity contribution in [1.82, 2.24) is 9.88 Å². The molecule has 1 saturated heterocycles. The molecule has 1 aliphatic heterocycles. The molecule has 1 aromatic carbocycles. The van der Waals surface area contributed by atoms with E-state index in [1.807, 2.05) is 20.8 Å². The number of ether oxygens (including phenoxy) is 3. The Kier molecular flexibility index (Phi) is 7.12. The first-order valence-corrected chi connectivity index (χ1v) is 10.3. The van der Waals surface area contributed by atoms with Crippen molar-refractivity contribution >= 4 is 18.1 Å². The fourth-order valence-electron chi connectivity index (χ4n) is 3.13. The Labute approximate surface area is 186 Å². The van der Waals surface area contributed by atoms with E-state index in [-0.39, 0.29) is 12.1 Å². The van der Waals surface area contributed by atoms with E-state index in [1.54, 1.807) is 29.4 Å². The van der Waals surface area contributed by atoms with Gasteiger partial charge in [-0.2, -0.15) is 0 Å². The van der Waals surface area contributed by atoms with Crippen LogP contribution in [0.15, 0.2) is 42.7 Å². The van der Waals surface area contributed by atoms with Crippen molar-refractivity contribution < 1.29 is 28.2 Å². The number of carbonyl (C=O) groups excluding carboxylic acids is 2. The number of aromatic nitrogens is 1. The van der Waals surface area contributed by atoms with Crippen LogP contribution in [0.4, 0.5) is 9.18 Å². The topological polar surface area (TPSA) is 78.0 Å². The van der Waals surface area contributed by atoms with Gasteiger partial charge in [0.2, 0.25) is 0 Å². The molecule has 0 saturated carbocycles. The lowest BCUT2D eigenvalue weighted by Crippen LogP contribution is -2.55. The molecule has 2 aromatic rings. The van der Waals surface area contributed by atoms with Gasteiger partial charge < -0.3 is 19.1 Å². The lowest BCUT2D eigenvalue weighted by Gasteiger charge is -2.40. The van der Waals surface area contributed by atoms with Gasteiger partial charge in [0.15, 0.2) is 0 Å². The van der Waals surface area contributed by atoms with Crippen LogP contribution in [-0.4, -0.2) is 53.9 Å². The van der Waals surface area contributed by atoms with Crippen LogP contribution in [0.1, 0.15) is 32.8 Å². The number of hydrogen-bond acceptors (Lipinski definition) is 6. The van der Waals surface area contributed by atoms with Crippen molar-refractivity contribution in [3.05, 3.63) is 54.1 Å². The van der Waals surface area contributed by atoms with Crippen LogP contribution in [0, 0.1) is 5.82 Å². The highest BCUT2D eigenvalue weighted by Crippen LogP contribution is 2.27. The van der Waals surface area contributed by atoms with Crippen LogP contribution in [0.5, 0.6) is 5.75 Å². The van der Waals surface area contributed by atoms with Gasteiger partial charge in [0.05, 0.1) is 19.3 Å². The second kappa shape index (κ2) is 9.80. The number of amides is 1. The number of esters is 1. The fraction of sp³-hybridized carbons (Fsp3) is 0.375. The number of rotatable bonds is 6. The molecule has 0 aliphatic carbocycles. The van der Waals surface area contributed by atoms with E-state index < -0.39 is 17.4 Å². The minimum atomic E-state index is -0.549. The first kappa shape index (κ1) is 23.2. The van der Waals surface area contributed by atoms with Gasteiger partial charge in [0.1, 0.15) is 23.8 Å². The minimum absolute atomic E-state index is 0.0715. The number of nitrogens with zero attached hydrogens (tertiary/aromatic N) is 2. The number of likely N-dealkylation sites (tertiary alicyclic amines) is 1. The van der Waals surface area contributed by atoms with E-state index in [1.165, 1.54) is 31.4 Å². The third-order valence-electron chi connectivity index (χ3n) is 4.79. The molecule has 0 bridgehead atoms. The highest BCUT2D eigenvalue weighted by molar-refractivity contribution is 5.87. The van der Waals surface area contributed by atoms with Gasteiger partial charge >= 0.3 is 12.1 Å². The number of benzene rings is 1. The van der Waals surface area contributed by atoms with Crippen LogP contribution in [0.3, 0.4) is 0 Å². The largest absolute Gasteiger partial charge is 0.490 e. The van der Waals surface area contributed by atoms with Gasteiger partial charge in [-0.15, -0.1) is 0 Å². The van der Waals surface area contributed by atoms with Crippen LogP contribution in [-0.2, 0) is 14.3 Å². The molecular weight excluding hydrogens is 415 g/mol. The molecule has 7 nitrogen and oxygen atoms in total. The highest BCUT2D eigenvalue weighted by Gasteiger charge is 2.35. The quantitative estimate of drug-likeness (QED) is 0.486.